The van der Waals surface area contributed by atoms with Gasteiger partial charge >= 0.3 is 0 Å². The second-order valence-corrected chi connectivity index (χ2v) is 7.39. The van der Waals surface area contributed by atoms with Crippen molar-refractivity contribution >= 4 is 23.5 Å². The van der Waals surface area contributed by atoms with Gasteiger partial charge in [-0.25, -0.2) is 9.67 Å². The van der Waals surface area contributed by atoms with Crippen molar-refractivity contribution in [2.75, 3.05) is 37.7 Å². The van der Waals surface area contributed by atoms with Crippen molar-refractivity contribution in [2.45, 2.75) is 13.8 Å². The zero-order chi connectivity index (χ0) is 21.1. The molecule has 3 heterocycles. The highest BCUT2D eigenvalue weighted by Gasteiger charge is 2.25. The molecular formula is C21H23ClN6O2. The van der Waals surface area contributed by atoms with E-state index in [0.29, 0.717) is 55.2 Å². The van der Waals surface area contributed by atoms with Gasteiger partial charge in [0.1, 0.15) is 0 Å². The Hall–Kier alpha value is -3.13. The minimum Gasteiger partial charge on any atom is -0.478 e. The number of benzene rings is 1. The Balaban J connectivity index is 1.42. The van der Waals surface area contributed by atoms with Crippen LogP contribution in [-0.4, -0.2) is 63.3 Å². The Morgan fingerprint density at radius 2 is 1.93 bits per heavy atom. The molecule has 1 aliphatic rings. The van der Waals surface area contributed by atoms with E-state index in [0.717, 1.165) is 11.4 Å². The van der Waals surface area contributed by atoms with Gasteiger partial charge in [-0.2, -0.15) is 10.1 Å². The number of nitrogens with zero attached hydrogens (tertiary/aromatic N) is 6. The van der Waals surface area contributed by atoms with Crippen molar-refractivity contribution < 1.29 is 9.53 Å². The van der Waals surface area contributed by atoms with Crippen LogP contribution in [0.4, 0.5) is 5.95 Å². The molecule has 0 aliphatic carbocycles. The van der Waals surface area contributed by atoms with Gasteiger partial charge in [-0.3, -0.25) is 4.79 Å². The number of hydrogen-bond acceptors (Lipinski definition) is 6. The van der Waals surface area contributed by atoms with Gasteiger partial charge in [-0.1, -0.05) is 23.7 Å². The first kappa shape index (κ1) is 20.2. The fourth-order valence-electron chi connectivity index (χ4n) is 3.38. The van der Waals surface area contributed by atoms with Gasteiger partial charge in [0.15, 0.2) is 0 Å². The average Bonchev–Trinajstić information content (AvgIpc) is 3.23. The van der Waals surface area contributed by atoms with Crippen LogP contribution in [0.5, 0.6) is 5.88 Å². The number of aryl methyl sites for hydroxylation is 1. The van der Waals surface area contributed by atoms with E-state index in [2.05, 4.69) is 20.0 Å². The lowest BCUT2D eigenvalue weighted by molar-refractivity contribution is 0.0746. The van der Waals surface area contributed by atoms with Crippen LogP contribution in [0.1, 0.15) is 23.0 Å². The lowest BCUT2D eigenvalue weighted by atomic mass is 10.2. The quantitative estimate of drug-likeness (QED) is 0.624. The van der Waals surface area contributed by atoms with Gasteiger partial charge in [0, 0.05) is 44.1 Å². The molecule has 0 N–H and O–H groups in total. The third kappa shape index (κ3) is 4.23. The highest BCUT2D eigenvalue weighted by molar-refractivity contribution is 6.32. The topological polar surface area (TPSA) is 76.4 Å². The number of para-hydroxylation sites is 1. The molecule has 1 saturated heterocycles. The van der Waals surface area contributed by atoms with E-state index in [4.69, 9.17) is 16.3 Å². The molecule has 0 atom stereocenters. The van der Waals surface area contributed by atoms with E-state index in [1.54, 1.807) is 23.1 Å². The molecule has 0 spiro atoms. The molecule has 3 aromatic rings. The van der Waals surface area contributed by atoms with E-state index >= 15 is 0 Å². The minimum atomic E-state index is -0.0480. The number of piperazine rings is 1. The summed E-state index contributed by atoms with van der Waals surface area (Å²) in [6.07, 6.45) is 3.30. The third-order valence-corrected chi connectivity index (χ3v) is 5.21. The number of rotatable bonds is 5. The first-order valence-corrected chi connectivity index (χ1v) is 10.2. The molecule has 4 rings (SSSR count). The van der Waals surface area contributed by atoms with Crippen LogP contribution < -0.4 is 9.64 Å². The molecule has 1 aromatic carbocycles. The van der Waals surface area contributed by atoms with Crippen LogP contribution in [0.25, 0.3) is 5.69 Å². The first-order valence-electron chi connectivity index (χ1n) is 9.87. The molecule has 9 heteroatoms. The monoisotopic (exact) mass is 426 g/mol. The van der Waals surface area contributed by atoms with Gasteiger partial charge < -0.3 is 14.5 Å². The lowest BCUT2D eigenvalue weighted by Crippen LogP contribution is -2.49. The van der Waals surface area contributed by atoms with Crippen LogP contribution in [-0.2, 0) is 0 Å². The van der Waals surface area contributed by atoms with Crippen LogP contribution >= 0.6 is 11.6 Å². The summed E-state index contributed by atoms with van der Waals surface area (Å²) in [5.74, 6) is 1.16. The molecule has 30 heavy (non-hydrogen) atoms. The summed E-state index contributed by atoms with van der Waals surface area (Å²) in [6.45, 7) is 6.87. The predicted molar refractivity (Wildman–Crippen MR) is 115 cm³/mol. The molecule has 1 amide bonds. The summed E-state index contributed by atoms with van der Waals surface area (Å²) in [7, 11) is 0. The Labute approximate surface area is 180 Å². The van der Waals surface area contributed by atoms with E-state index in [-0.39, 0.29) is 5.91 Å². The zero-order valence-electron chi connectivity index (χ0n) is 17.0. The molecule has 0 saturated carbocycles. The Morgan fingerprint density at radius 3 is 2.67 bits per heavy atom. The standard InChI is InChI=1S/C21H23ClN6O2/c1-3-30-19-12-15(2)24-21(25-19)27-10-8-26(9-11-27)20(29)16-13-23-28(14-16)18-7-5-4-6-17(18)22/h4-7,12-14H,3,8-11H2,1-2H3. The van der Waals surface area contributed by atoms with Gasteiger partial charge in [-0.05, 0) is 26.0 Å². The van der Waals surface area contributed by atoms with E-state index in [1.807, 2.05) is 43.0 Å². The summed E-state index contributed by atoms with van der Waals surface area (Å²) in [5.41, 5.74) is 2.13. The number of halogens is 1. The summed E-state index contributed by atoms with van der Waals surface area (Å²) in [4.78, 5) is 25.8. The number of ether oxygens (including phenoxy) is 1. The van der Waals surface area contributed by atoms with Crippen LogP contribution in [0.15, 0.2) is 42.7 Å². The first-order chi connectivity index (χ1) is 14.5. The van der Waals surface area contributed by atoms with Crippen molar-refractivity contribution in [1.82, 2.24) is 24.6 Å². The number of carbonyl (C=O) groups is 1. The number of anilines is 1. The van der Waals surface area contributed by atoms with Crippen molar-refractivity contribution in [2.24, 2.45) is 0 Å². The van der Waals surface area contributed by atoms with Crippen molar-refractivity contribution in [3.8, 4) is 11.6 Å². The van der Waals surface area contributed by atoms with Crippen molar-refractivity contribution in [1.29, 1.82) is 0 Å². The maximum Gasteiger partial charge on any atom is 0.257 e. The minimum absolute atomic E-state index is 0.0480. The number of carbonyl (C=O) groups excluding carboxylic acids is 1. The number of amides is 1. The molecule has 8 nitrogen and oxygen atoms in total. The predicted octanol–water partition coefficient (Wildman–Crippen LogP) is 2.99. The maximum absolute atomic E-state index is 12.9. The molecule has 2 aromatic heterocycles. The SMILES string of the molecule is CCOc1cc(C)nc(N2CCN(C(=O)c3cnn(-c4ccccc4Cl)c3)CC2)n1. The second kappa shape index (κ2) is 8.71. The molecule has 1 aliphatic heterocycles. The Kier molecular flexibility index (Phi) is 5.85. The van der Waals surface area contributed by atoms with Crippen LogP contribution in [0.3, 0.4) is 0 Å². The van der Waals surface area contributed by atoms with Crippen molar-refractivity contribution in [3.05, 3.63) is 59.0 Å². The molecule has 0 radical (unpaired) electrons. The van der Waals surface area contributed by atoms with E-state index in [1.165, 1.54) is 0 Å². The summed E-state index contributed by atoms with van der Waals surface area (Å²) >= 11 is 6.23. The summed E-state index contributed by atoms with van der Waals surface area (Å²) in [5, 5.41) is 4.88. The molecule has 156 valence electrons. The summed E-state index contributed by atoms with van der Waals surface area (Å²) < 4.78 is 7.15. The Morgan fingerprint density at radius 1 is 1.17 bits per heavy atom. The molecule has 0 bridgehead atoms. The number of hydrogen-bond donors (Lipinski definition) is 0. The van der Waals surface area contributed by atoms with E-state index < -0.39 is 0 Å². The molecule has 1 fully saturated rings. The second-order valence-electron chi connectivity index (χ2n) is 6.98. The molecular weight excluding hydrogens is 404 g/mol. The van der Waals surface area contributed by atoms with Gasteiger partial charge in [-0.15, -0.1) is 0 Å². The smallest absolute Gasteiger partial charge is 0.257 e. The lowest BCUT2D eigenvalue weighted by Gasteiger charge is -2.34. The van der Waals surface area contributed by atoms with Crippen LogP contribution in [0, 0.1) is 6.92 Å². The largest absolute Gasteiger partial charge is 0.478 e. The van der Waals surface area contributed by atoms with Gasteiger partial charge in [0.2, 0.25) is 11.8 Å². The van der Waals surface area contributed by atoms with Crippen LogP contribution in [0.2, 0.25) is 5.02 Å². The fraction of sp³-hybridized carbons (Fsp3) is 0.333. The fourth-order valence-corrected chi connectivity index (χ4v) is 3.60. The van der Waals surface area contributed by atoms with Crippen molar-refractivity contribution in [3.63, 3.8) is 0 Å². The molecule has 0 unspecified atom stereocenters. The average molecular weight is 427 g/mol. The summed E-state index contributed by atoms with van der Waals surface area (Å²) in [6, 6.07) is 9.22. The normalized spacial score (nSPS) is 14.1. The third-order valence-electron chi connectivity index (χ3n) is 4.89. The zero-order valence-corrected chi connectivity index (χ0v) is 17.7. The van der Waals surface area contributed by atoms with Gasteiger partial charge in [0.05, 0.1) is 29.1 Å². The van der Waals surface area contributed by atoms with E-state index in [9.17, 15) is 4.79 Å². The Bertz CT molecular complexity index is 1050. The van der Waals surface area contributed by atoms with Gasteiger partial charge in [0.25, 0.3) is 5.91 Å². The maximum atomic E-state index is 12.9. The number of aromatic nitrogens is 4. The highest BCUT2D eigenvalue weighted by atomic mass is 35.5. The highest BCUT2D eigenvalue weighted by Crippen LogP contribution is 2.21.